The SMILES string of the molecule is CCC(c1ccc(F)cc1)C(O)C(=O)OC. The highest BCUT2D eigenvalue weighted by atomic mass is 19.1. The molecular formula is C12H15FO3. The van der Waals surface area contributed by atoms with Crippen LogP contribution in [-0.4, -0.2) is 24.3 Å². The van der Waals surface area contributed by atoms with Gasteiger partial charge in [-0.05, 0) is 24.1 Å². The van der Waals surface area contributed by atoms with Gasteiger partial charge in [0.15, 0.2) is 6.10 Å². The predicted molar refractivity (Wildman–Crippen MR) is 57.5 cm³/mol. The van der Waals surface area contributed by atoms with Gasteiger partial charge >= 0.3 is 5.97 Å². The molecule has 0 heterocycles. The Morgan fingerprint density at radius 1 is 1.44 bits per heavy atom. The molecule has 0 saturated heterocycles. The number of rotatable bonds is 4. The van der Waals surface area contributed by atoms with Crippen LogP contribution in [0, 0.1) is 5.82 Å². The van der Waals surface area contributed by atoms with E-state index in [1.807, 2.05) is 6.92 Å². The second-order valence-corrected chi connectivity index (χ2v) is 3.53. The molecule has 3 nitrogen and oxygen atoms in total. The summed E-state index contributed by atoms with van der Waals surface area (Å²) in [5.74, 6) is -1.38. The topological polar surface area (TPSA) is 46.5 Å². The number of halogens is 1. The van der Waals surface area contributed by atoms with E-state index in [4.69, 9.17) is 0 Å². The smallest absolute Gasteiger partial charge is 0.335 e. The van der Waals surface area contributed by atoms with Crippen LogP contribution in [0.4, 0.5) is 4.39 Å². The van der Waals surface area contributed by atoms with Gasteiger partial charge in [0.2, 0.25) is 0 Å². The summed E-state index contributed by atoms with van der Waals surface area (Å²) in [6, 6.07) is 5.75. The van der Waals surface area contributed by atoms with Gasteiger partial charge in [-0.2, -0.15) is 0 Å². The summed E-state index contributed by atoms with van der Waals surface area (Å²) in [5, 5.41) is 9.73. The molecule has 0 spiro atoms. The molecule has 2 unspecified atom stereocenters. The zero-order valence-electron chi connectivity index (χ0n) is 9.31. The third-order valence-electron chi connectivity index (χ3n) is 2.56. The molecule has 0 aliphatic rings. The van der Waals surface area contributed by atoms with Gasteiger partial charge in [0.1, 0.15) is 5.82 Å². The van der Waals surface area contributed by atoms with Crippen LogP contribution in [0.1, 0.15) is 24.8 Å². The molecule has 1 aromatic rings. The lowest BCUT2D eigenvalue weighted by atomic mass is 9.91. The molecule has 0 aliphatic heterocycles. The zero-order valence-corrected chi connectivity index (χ0v) is 9.31. The van der Waals surface area contributed by atoms with Crippen LogP contribution in [0.3, 0.4) is 0 Å². The Morgan fingerprint density at radius 2 is 2.00 bits per heavy atom. The highest BCUT2D eigenvalue weighted by molar-refractivity contribution is 5.75. The Morgan fingerprint density at radius 3 is 2.44 bits per heavy atom. The Kier molecular flexibility index (Phi) is 4.43. The minimum absolute atomic E-state index is 0.342. The standard InChI is InChI=1S/C12H15FO3/c1-3-10(11(14)12(15)16-2)8-4-6-9(13)7-5-8/h4-7,10-11,14H,3H2,1-2H3. The Balaban J connectivity index is 2.89. The monoisotopic (exact) mass is 226 g/mol. The first-order valence-electron chi connectivity index (χ1n) is 5.11. The number of carbonyl (C=O) groups excluding carboxylic acids is 1. The van der Waals surface area contributed by atoms with Gasteiger partial charge in [0.25, 0.3) is 0 Å². The van der Waals surface area contributed by atoms with E-state index in [0.717, 1.165) is 5.56 Å². The second-order valence-electron chi connectivity index (χ2n) is 3.53. The number of esters is 1. The van der Waals surface area contributed by atoms with Crippen molar-refractivity contribution in [3.8, 4) is 0 Å². The fourth-order valence-electron chi connectivity index (χ4n) is 1.64. The number of benzene rings is 1. The molecule has 0 amide bonds. The molecule has 16 heavy (non-hydrogen) atoms. The van der Waals surface area contributed by atoms with E-state index in [-0.39, 0.29) is 11.7 Å². The maximum atomic E-state index is 12.7. The van der Waals surface area contributed by atoms with E-state index in [0.29, 0.717) is 6.42 Å². The molecule has 1 rings (SSSR count). The minimum atomic E-state index is -1.21. The zero-order chi connectivity index (χ0) is 12.1. The van der Waals surface area contributed by atoms with Crippen LogP contribution < -0.4 is 0 Å². The lowest BCUT2D eigenvalue weighted by Crippen LogP contribution is -2.28. The molecule has 0 bridgehead atoms. The van der Waals surface area contributed by atoms with Gasteiger partial charge in [-0.3, -0.25) is 0 Å². The Labute approximate surface area is 93.9 Å². The van der Waals surface area contributed by atoms with Gasteiger partial charge in [0, 0.05) is 5.92 Å². The summed E-state index contributed by atoms with van der Waals surface area (Å²) in [4.78, 5) is 11.2. The lowest BCUT2D eigenvalue weighted by molar-refractivity contribution is -0.151. The molecule has 0 fully saturated rings. The Bertz CT molecular complexity index is 348. The quantitative estimate of drug-likeness (QED) is 0.797. The minimum Gasteiger partial charge on any atom is -0.467 e. The van der Waals surface area contributed by atoms with Crippen molar-refractivity contribution >= 4 is 5.97 Å². The molecule has 88 valence electrons. The van der Waals surface area contributed by atoms with E-state index in [2.05, 4.69) is 4.74 Å². The number of hydrogen-bond acceptors (Lipinski definition) is 3. The van der Waals surface area contributed by atoms with Gasteiger partial charge in [0.05, 0.1) is 7.11 Å². The molecular weight excluding hydrogens is 211 g/mol. The Hall–Kier alpha value is -1.42. The van der Waals surface area contributed by atoms with Crippen molar-refractivity contribution in [2.24, 2.45) is 0 Å². The molecule has 1 N–H and O–H groups in total. The third kappa shape index (κ3) is 2.79. The largest absolute Gasteiger partial charge is 0.467 e. The van der Waals surface area contributed by atoms with E-state index >= 15 is 0 Å². The maximum absolute atomic E-state index is 12.7. The van der Waals surface area contributed by atoms with Crippen LogP contribution in [0.5, 0.6) is 0 Å². The molecule has 1 aromatic carbocycles. The normalized spacial score (nSPS) is 14.2. The number of aliphatic hydroxyl groups excluding tert-OH is 1. The average molecular weight is 226 g/mol. The summed E-state index contributed by atoms with van der Waals surface area (Å²) in [7, 11) is 1.23. The lowest BCUT2D eigenvalue weighted by Gasteiger charge is -2.19. The maximum Gasteiger partial charge on any atom is 0.335 e. The molecule has 0 radical (unpaired) electrons. The third-order valence-corrected chi connectivity index (χ3v) is 2.56. The first kappa shape index (κ1) is 12.6. The first-order valence-corrected chi connectivity index (χ1v) is 5.11. The summed E-state index contributed by atoms with van der Waals surface area (Å²) in [6.45, 7) is 1.85. The molecule has 0 saturated carbocycles. The summed E-state index contributed by atoms with van der Waals surface area (Å²) in [5.41, 5.74) is 0.724. The van der Waals surface area contributed by atoms with Crippen molar-refractivity contribution in [3.63, 3.8) is 0 Å². The van der Waals surface area contributed by atoms with Crippen molar-refractivity contribution in [2.75, 3.05) is 7.11 Å². The summed E-state index contributed by atoms with van der Waals surface area (Å²) >= 11 is 0. The van der Waals surface area contributed by atoms with Gasteiger partial charge in [-0.15, -0.1) is 0 Å². The predicted octanol–water partition coefficient (Wildman–Crippen LogP) is 1.85. The second kappa shape index (κ2) is 5.61. The number of aliphatic hydroxyl groups is 1. The van der Waals surface area contributed by atoms with Gasteiger partial charge in [-0.25, -0.2) is 9.18 Å². The first-order chi connectivity index (χ1) is 7.60. The van der Waals surface area contributed by atoms with Crippen molar-refractivity contribution in [2.45, 2.75) is 25.4 Å². The fraction of sp³-hybridized carbons (Fsp3) is 0.417. The van der Waals surface area contributed by atoms with Crippen molar-refractivity contribution in [1.82, 2.24) is 0 Å². The highest BCUT2D eigenvalue weighted by Gasteiger charge is 2.26. The fourth-order valence-corrected chi connectivity index (χ4v) is 1.64. The molecule has 0 aromatic heterocycles. The highest BCUT2D eigenvalue weighted by Crippen LogP contribution is 2.24. The van der Waals surface area contributed by atoms with Crippen LogP contribution in [0.2, 0.25) is 0 Å². The van der Waals surface area contributed by atoms with Crippen LogP contribution in [0.25, 0.3) is 0 Å². The van der Waals surface area contributed by atoms with E-state index in [1.165, 1.54) is 19.2 Å². The molecule has 4 heteroatoms. The average Bonchev–Trinajstić information content (AvgIpc) is 2.31. The van der Waals surface area contributed by atoms with Gasteiger partial charge < -0.3 is 9.84 Å². The van der Waals surface area contributed by atoms with Crippen molar-refractivity contribution < 1.29 is 19.0 Å². The van der Waals surface area contributed by atoms with Crippen LogP contribution >= 0.6 is 0 Å². The van der Waals surface area contributed by atoms with Crippen molar-refractivity contribution in [3.05, 3.63) is 35.6 Å². The van der Waals surface area contributed by atoms with E-state index in [1.54, 1.807) is 12.1 Å². The molecule has 2 atom stereocenters. The number of ether oxygens (including phenoxy) is 1. The number of carbonyl (C=O) groups is 1. The van der Waals surface area contributed by atoms with Crippen molar-refractivity contribution in [1.29, 1.82) is 0 Å². The summed E-state index contributed by atoms with van der Waals surface area (Å²) < 4.78 is 17.2. The van der Waals surface area contributed by atoms with Crippen LogP contribution in [0.15, 0.2) is 24.3 Å². The molecule has 0 aliphatic carbocycles. The van der Waals surface area contributed by atoms with Gasteiger partial charge in [-0.1, -0.05) is 19.1 Å². The van der Waals surface area contributed by atoms with Crippen LogP contribution in [-0.2, 0) is 9.53 Å². The van der Waals surface area contributed by atoms with E-state index < -0.39 is 12.1 Å². The number of methoxy groups -OCH3 is 1. The number of hydrogen-bond donors (Lipinski definition) is 1. The van der Waals surface area contributed by atoms with E-state index in [9.17, 15) is 14.3 Å². The summed E-state index contributed by atoms with van der Waals surface area (Å²) in [6.07, 6.45) is -0.637.